The maximum Gasteiger partial charge on any atom is 0.311 e. The van der Waals surface area contributed by atoms with Gasteiger partial charge in [0.2, 0.25) is 0 Å². The molecule has 6 heteroatoms. The zero-order valence-corrected chi connectivity index (χ0v) is 20.3. The Morgan fingerprint density at radius 2 is 1.71 bits per heavy atom. The highest BCUT2D eigenvalue weighted by molar-refractivity contribution is 6.74. The minimum absolute atomic E-state index is 0.0741. The third-order valence-corrected chi connectivity index (χ3v) is 9.60. The Bertz CT molecular complexity index is 603. The molecule has 0 aromatic rings. The van der Waals surface area contributed by atoms with Crippen LogP contribution in [-0.4, -0.2) is 38.2 Å². The number of aliphatic hydroxyl groups excluding tert-OH is 1. The van der Waals surface area contributed by atoms with Crippen LogP contribution in [0, 0.1) is 23.2 Å². The van der Waals surface area contributed by atoms with Crippen LogP contribution in [0.25, 0.3) is 0 Å². The average molecular weight is 415 g/mol. The highest BCUT2D eigenvalue weighted by Crippen LogP contribution is 2.38. The van der Waals surface area contributed by atoms with Crippen LogP contribution in [0.1, 0.15) is 61.8 Å². The summed E-state index contributed by atoms with van der Waals surface area (Å²) in [6.07, 6.45) is -0.0342. The number of hydrogen-bond donors (Lipinski definition) is 1. The lowest BCUT2D eigenvalue weighted by molar-refractivity contribution is -0.152. The number of aliphatic hydroxyl groups is 1. The van der Waals surface area contributed by atoms with Crippen LogP contribution >= 0.6 is 0 Å². The van der Waals surface area contributed by atoms with Gasteiger partial charge < -0.3 is 14.3 Å². The van der Waals surface area contributed by atoms with Crippen LogP contribution in [0.3, 0.4) is 0 Å². The number of rotatable bonds is 7. The average Bonchev–Trinajstić information content (AvgIpc) is 2.51. The minimum atomic E-state index is -1.95. The van der Waals surface area contributed by atoms with Crippen molar-refractivity contribution < 1.29 is 23.5 Å². The first-order chi connectivity index (χ1) is 12.5. The largest absolute Gasteiger partial charge is 0.464 e. The second-order valence-electron chi connectivity index (χ2n) is 9.85. The fraction of sp³-hybridized carbons (Fsp3) is 0.773. The summed E-state index contributed by atoms with van der Waals surface area (Å²) in [5.74, 6) is 3.91. The third kappa shape index (κ3) is 9.36. The SMILES string of the molecule is C[C@H](/C=C(/F)[C@@H](O)C#CCCOC(=O)C(C)(C)C)[C@@H](C)O[Si](C)(C)C(C)(C)C. The molecule has 0 saturated heterocycles. The number of carbonyl (C=O) groups is 1. The lowest BCUT2D eigenvalue weighted by Crippen LogP contribution is -2.44. The van der Waals surface area contributed by atoms with E-state index in [1.807, 2.05) is 13.8 Å². The van der Waals surface area contributed by atoms with Gasteiger partial charge in [-0.05, 0) is 51.9 Å². The van der Waals surface area contributed by atoms with Gasteiger partial charge in [-0.2, -0.15) is 0 Å². The predicted octanol–water partition coefficient (Wildman–Crippen LogP) is 5.23. The first-order valence-electron chi connectivity index (χ1n) is 9.87. The molecule has 162 valence electrons. The molecule has 0 bridgehead atoms. The van der Waals surface area contributed by atoms with Gasteiger partial charge in [0.25, 0.3) is 0 Å². The smallest absolute Gasteiger partial charge is 0.311 e. The van der Waals surface area contributed by atoms with Crippen molar-refractivity contribution in [1.82, 2.24) is 0 Å². The van der Waals surface area contributed by atoms with E-state index in [1.54, 1.807) is 20.8 Å². The summed E-state index contributed by atoms with van der Waals surface area (Å²) in [6, 6.07) is 0. The maximum absolute atomic E-state index is 14.2. The first kappa shape index (κ1) is 26.8. The summed E-state index contributed by atoms with van der Waals surface area (Å²) in [5, 5.41) is 9.97. The Hall–Kier alpha value is -1.16. The van der Waals surface area contributed by atoms with Crippen molar-refractivity contribution in [3.63, 3.8) is 0 Å². The molecule has 0 fully saturated rings. The lowest BCUT2D eigenvalue weighted by atomic mass is 9.97. The molecule has 1 N–H and O–H groups in total. The molecule has 0 spiro atoms. The van der Waals surface area contributed by atoms with Gasteiger partial charge in [-0.3, -0.25) is 4.79 Å². The van der Waals surface area contributed by atoms with Gasteiger partial charge in [0, 0.05) is 18.4 Å². The Morgan fingerprint density at radius 1 is 1.18 bits per heavy atom. The monoisotopic (exact) mass is 414 g/mol. The van der Waals surface area contributed by atoms with Gasteiger partial charge in [-0.25, -0.2) is 4.39 Å². The van der Waals surface area contributed by atoms with Crippen molar-refractivity contribution in [2.24, 2.45) is 11.3 Å². The van der Waals surface area contributed by atoms with Gasteiger partial charge in [0.1, 0.15) is 12.4 Å². The molecule has 0 aromatic heterocycles. The fourth-order valence-corrected chi connectivity index (χ4v) is 3.37. The highest BCUT2D eigenvalue weighted by atomic mass is 28.4. The van der Waals surface area contributed by atoms with Gasteiger partial charge in [-0.15, -0.1) is 0 Å². The van der Waals surface area contributed by atoms with Crippen LogP contribution in [0.2, 0.25) is 18.1 Å². The molecule has 0 amide bonds. The topological polar surface area (TPSA) is 55.8 Å². The quantitative estimate of drug-likeness (QED) is 0.268. The van der Waals surface area contributed by atoms with E-state index in [-0.39, 0.29) is 36.1 Å². The molecule has 0 rings (SSSR count). The van der Waals surface area contributed by atoms with Crippen LogP contribution in [0.4, 0.5) is 4.39 Å². The van der Waals surface area contributed by atoms with E-state index >= 15 is 0 Å². The van der Waals surface area contributed by atoms with Crippen molar-refractivity contribution in [1.29, 1.82) is 0 Å². The zero-order chi connectivity index (χ0) is 22.3. The molecule has 28 heavy (non-hydrogen) atoms. The molecule has 0 radical (unpaired) electrons. The Morgan fingerprint density at radius 3 is 2.18 bits per heavy atom. The van der Waals surface area contributed by atoms with Crippen molar-refractivity contribution in [3.05, 3.63) is 11.9 Å². The molecule has 0 heterocycles. The normalized spacial score (nSPS) is 16.6. The predicted molar refractivity (Wildman–Crippen MR) is 115 cm³/mol. The molecule has 3 atom stereocenters. The summed E-state index contributed by atoms with van der Waals surface area (Å²) >= 11 is 0. The van der Waals surface area contributed by atoms with Crippen LogP contribution in [0.5, 0.6) is 0 Å². The molecule has 0 saturated carbocycles. The molecule has 0 unspecified atom stereocenters. The summed E-state index contributed by atoms with van der Waals surface area (Å²) < 4.78 is 25.6. The van der Waals surface area contributed by atoms with E-state index in [4.69, 9.17) is 9.16 Å². The molecule has 0 aliphatic rings. The lowest BCUT2D eigenvalue weighted by Gasteiger charge is -2.39. The Labute approximate surface area is 172 Å². The van der Waals surface area contributed by atoms with Gasteiger partial charge in [0.05, 0.1) is 5.41 Å². The number of hydrogen-bond acceptors (Lipinski definition) is 4. The van der Waals surface area contributed by atoms with Crippen molar-refractivity contribution in [2.45, 2.75) is 92.2 Å². The summed E-state index contributed by atoms with van der Waals surface area (Å²) in [6.45, 7) is 20.0. The molecule has 0 aliphatic heterocycles. The molecular formula is C22H39FO4Si. The second-order valence-corrected chi connectivity index (χ2v) is 14.6. The summed E-state index contributed by atoms with van der Waals surface area (Å²) in [5.41, 5.74) is -0.568. The van der Waals surface area contributed by atoms with E-state index in [2.05, 4.69) is 45.7 Å². The zero-order valence-electron chi connectivity index (χ0n) is 19.3. The van der Waals surface area contributed by atoms with E-state index in [0.29, 0.717) is 0 Å². The van der Waals surface area contributed by atoms with Crippen LogP contribution in [0.15, 0.2) is 11.9 Å². The molecule has 0 aromatic carbocycles. The molecule has 4 nitrogen and oxygen atoms in total. The second kappa shape index (κ2) is 10.6. The van der Waals surface area contributed by atoms with Crippen molar-refractivity contribution >= 4 is 14.3 Å². The van der Waals surface area contributed by atoms with Crippen LogP contribution in [-0.2, 0) is 14.0 Å². The van der Waals surface area contributed by atoms with E-state index in [0.717, 1.165) is 0 Å². The van der Waals surface area contributed by atoms with E-state index < -0.39 is 25.7 Å². The Balaban J connectivity index is 4.68. The van der Waals surface area contributed by atoms with Gasteiger partial charge in [-0.1, -0.05) is 39.5 Å². The van der Waals surface area contributed by atoms with Gasteiger partial charge >= 0.3 is 5.97 Å². The highest BCUT2D eigenvalue weighted by Gasteiger charge is 2.39. The first-order valence-corrected chi connectivity index (χ1v) is 12.8. The summed E-state index contributed by atoms with van der Waals surface area (Å²) in [4.78, 5) is 11.6. The van der Waals surface area contributed by atoms with E-state index in [9.17, 15) is 14.3 Å². The fourth-order valence-electron chi connectivity index (χ4n) is 1.88. The van der Waals surface area contributed by atoms with Gasteiger partial charge in [0.15, 0.2) is 14.4 Å². The van der Waals surface area contributed by atoms with Crippen molar-refractivity contribution in [3.8, 4) is 11.8 Å². The third-order valence-electron chi connectivity index (χ3n) is 5.02. The standard InChI is InChI=1S/C22H39FO4Si/c1-16(17(2)27-28(9,10)22(6,7)8)15-18(23)19(24)13-11-12-14-26-20(25)21(3,4)5/h15-17,19,24H,12,14H2,1-10H3/b18-15+/t16-,17-,19+/m1/s1. The maximum atomic E-state index is 14.2. The number of ether oxygens (including phenoxy) is 1. The summed E-state index contributed by atoms with van der Waals surface area (Å²) in [7, 11) is -1.95. The number of carbonyl (C=O) groups excluding carboxylic acids is 1. The number of halogens is 1. The van der Waals surface area contributed by atoms with Crippen molar-refractivity contribution in [2.75, 3.05) is 6.61 Å². The number of esters is 1. The molecule has 0 aliphatic carbocycles. The Kier molecular flexibility index (Phi) is 10.1. The van der Waals surface area contributed by atoms with Crippen LogP contribution < -0.4 is 0 Å². The molecular weight excluding hydrogens is 375 g/mol. The minimum Gasteiger partial charge on any atom is -0.464 e. The van der Waals surface area contributed by atoms with E-state index in [1.165, 1.54) is 6.08 Å².